The van der Waals surface area contributed by atoms with Crippen molar-refractivity contribution < 1.29 is 14.3 Å². The van der Waals surface area contributed by atoms with E-state index in [1.807, 2.05) is 45.0 Å². The number of hydrogen-bond donors (Lipinski definition) is 1. The fourth-order valence-electron chi connectivity index (χ4n) is 1.69. The van der Waals surface area contributed by atoms with E-state index in [0.717, 1.165) is 11.3 Å². The number of carbonyl (C=O) groups is 1. The Morgan fingerprint density at radius 2 is 2.00 bits per heavy atom. The van der Waals surface area contributed by atoms with Crippen molar-refractivity contribution in [3.05, 3.63) is 29.8 Å². The lowest BCUT2D eigenvalue weighted by Crippen LogP contribution is -2.39. The lowest BCUT2D eigenvalue weighted by atomic mass is 9.93. The molecule has 0 unspecified atom stereocenters. The summed E-state index contributed by atoms with van der Waals surface area (Å²) in [6.45, 7) is 7.16. The van der Waals surface area contributed by atoms with E-state index in [9.17, 15) is 4.79 Å². The summed E-state index contributed by atoms with van der Waals surface area (Å²) in [5.41, 5.74) is 0.434. The molecule has 0 heterocycles. The fourth-order valence-corrected chi connectivity index (χ4v) is 1.69. The first-order valence-electron chi connectivity index (χ1n) is 6.49. The highest BCUT2D eigenvalue weighted by atomic mass is 16.5. The molecule has 0 saturated heterocycles. The highest BCUT2D eigenvalue weighted by molar-refractivity contribution is 5.81. The maximum absolute atomic E-state index is 12.1. The Hall–Kier alpha value is -1.55. The van der Waals surface area contributed by atoms with E-state index in [2.05, 4.69) is 5.32 Å². The normalized spacial score (nSPS) is 11.2. The van der Waals surface area contributed by atoms with Crippen LogP contribution in [0.1, 0.15) is 26.3 Å². The highest BCUT2D eigenvalue weighted by Crippen LogP contribution is 2.19. The smallest absolute Gasteiger partial charge is 0.228 e. The van der Waals surface area contributed by atoms with Crippen LogP contribution in [0.4, 0.5) is 0 Å². The van der Waals surface area contributed by atoms with Crippen molar-refractivity contribution in [1.82, 2.24) is 5.32 Å². The molecule has 1 aromatic rings. The van der Waals surface area contributed by atoms with Crippen LogP contribution in [0.2, 0.25) is 0 Å². The Kier molecular flexibility index (Phi) is 5.83. The maximum atomic E-state index is 12.1. The van der Waals surface area contributed by atoms with E-state index in [4.69, 9.17) is 9.47 Å². The second kappa shape index (κ2) is 7.14. The number of amides is 1. The number of methoxy groups -OCH3 is 1. The maximum Gasteiger partial charge on any atom is 0.228 e. The Bertz CT molecular complexity index is 416. The summed E-state index contributed by atoms with van der Waals surface area (Å²) in [6.07, 6.45) is 0. The summed E-state index contributed by atoms with van der Waals surface area (Å²) in [4.78, 5) is 12.1. The molecule has 19 heavy (non-hydrogen) atoms. The molecular formula is C15H23NO3. The fraction of sp³-hybridized carbons (Fsp3) is 0.533. The number of nitrogens with one attached hydrogen (secondary N) is 1. The molecule has 1 rings (SSSR count). The van der Waals surface area contributed by atoms with Gasteiger partial charge >= 0.3 is 0 Å². The van der Waals surface area contributed by atoms with Crippen LogP contribution >= 0.6 is 0 Å². The van der Waals surface area contributed by atoms with Crippen molar-refractivity contribution in [3.63, 3.8) is 0 Å². The SMILES string of the molecule is CCOCC(C)(C)C(=O)NCc1ccccc1OC. The molecule has 0 aliphatic heterocycles. The minimum Gasteiger partial charge on any atom is -0.496 e. The lowest BCUT2D eigenvalue weighted by molar-refractivity contribution is -0.132. The highest BCUT2D eigenvalue weighted by Gasteiger charge is 2.27. The molecule has 0 saturated carbocycles. The first-order valence-corrected chi connectivity index (χ1v) is 6.49. The molecule has 0 aromatic heterocycles. The van der Waals surface area contributed by atoms with Crippen molar-refractivity contribution >= 4 is 5.91 Å². The average molecular weight is 265 g/mol. The summed E-state index contributed by atoms with van der Waals surface area (Å²) in [7, 11) is 1.62. The van der Waals surface area contributed by atoms with Gasteiger partial charge in [-0.1, -0.05) is 18.2 Å². The summed E-state index contributed by atoms with van der Waals surface area (Å²) in [5.74, 6) is 0.761. The first-order chi connectivity index (χ1) is 9.01. The Morgan fingerprint density at radius 3 is 2.63 bits per heavy atom. The number of ether oxygens (including phenoxy) is 2. The zero-order chi connectivity index (χ0) is 14.3. The largest absolute Gasteiger partial charge is 0.496 e. The van der Waals surface area contributed by atoms with Crippen LogP contribution < -0.4 is 10.1 Å². The molecule has 1 aromatic carbocycles. The van der Waals surface area contributed by atoms with Gasteiger partial charge in [-0.25, -0.2) is 0 Å². The van der Waals surface area contributed by atoms with E-state index in [1.54, 1.807) is 7.11 Å². The molecule has 4 nitrogen and oxygen atoms in total. The second-order valence-electron chi connectivity index (χ2n) is 5.02. The van der Waals surface area contributed by atoms with Crippen molar-refractivity contribution in [2.45, 2.75) is 27.3 Å². The number of hydrogen-bond acceptors (Lipinski definition) is 3. The van der Waals surface area contributed by atoms with Gasteiger partial charge in [-0.2, -0.15) is 0 Å². The standard InChI is InChI=1S/C15H23NO3/c1-5-19-11-15(2,3)14(17)16-10-12-8-6-7-9-13(12)18-4/h6-9H,5,10-11H2,1-4H3,(H,16,17). The number of rotatable bonds is 7. The Morgan fingerprint density at radius 1 is 1.32 bits per heavy atom. The van der Waals surface area contributed by atoms with Crippen molar-refractivity contribution in [2.24, 2.45) is 5.41 Å². The van der Waals surface area contributed by atoms with Gasteiger partial charge in [0.25, 0.3) is 0 Å². The molecular weight excluding hydrogens is 242 g/mol. The van der Waals surface area contributed by atoms with Crippen molar-refractivity contribution in [3.8, 4) is 5.75 Å². The molecule has 0 aliphatic rings. The third-order valence-electron chi connectivity index (χ3n) is 2.91. The van der Waals surface area contributed by atoms with Crippen LogP contribution in [0.5, 0.6) is 5.75 Å². The van der Waals surface area contributed by atoms with Crippen LogP contribution in [0.15, 0.2) is 24.3 Å². The molecule has 1 amide bonds. The average Bonchev–Trinajstić information content (AvgIpc) is 2.42. The van der Waals surface area contributed by atoms with Gasteiger partial charge in [0.2, 0.25) is 5.91 Å². The Labute approximate surface area is 115 Å². The molecule has 4 heteroatoms. The van der Waals surface area contributed by atoms with Gasteiger partial charge in [0.15, 0.2) is 0 Å². The van der Waals surface area contributed by atoms with Crippen molar-refractivity contribution in [1.29, 1.82) is 0 Å². The monoisotopic (exact) mass is 265 g/mol. The van der Waals surface area contributed by atoms with Gasteiger partial charge in [0, 0.05) is 18.7 Å². The van der Waals surface area contributed by atoms with Crippen LogP contribution in [-0.4, -0.2) is 26.2 Å². The molecule has 0 spiro atoms. The van der Waals surface area contributed by atoms with Gasteiger partial charge in [0.05, 0.1) is 19.1 Å². The number of benzene rings is 1. The van der Waals surface area contributed by atoms with E-state index < -0.39 is 5.41 Å². The summed E-state index contributed by atoms with van der Waals surface area (Å²) in [6, 6.07) is 7.65. The van der Waals surface area contributed by atoms with Crippen LogP contribution in [0.25, 0.3) is 0 Å². The molecule has 106 valence electrons. The third-order valence-corrected chi connectivity index (χ3v) is 2.91. The molecule has 0 fully saturated rings. The molecule has 0 radical (unpaired) electrons. The summed E-state index contributed by atoms with van der Waals surface area (Å²) in [5, 5.41) is 2.92. The van der Waals surface area contributed by atoms with Crippen LogP contribution in [0.3, 0.4) is 0 Å². The minimum absolute atomic E-state index is 0.0214. The molecule has 1 N–H and O–H groups in total. The second-order valence-corrected chi connectivity index (χ2v) is 5.02. The predicted octanol–water partition coefficient (Wildman–Crippen LogP) is 2.37. The van der Waals surface area contributed by atoms with Gasteiger partial charge < -0.3 is 14.8 Å². The first kappa shape index (κ1) is 15.5. The molecule has 0 aliphatic carbocycles. The van der Waals surface area contributed by atoms with Gasteiger partial charge in [-0.3, -0.25) is 4.79 Å². The van der Waals surface area contributed by atoms with Crippen molar-refractivity contribution in [2.75, 3.05) is 20.3 Å². The van der Waals surface area contributed by atoms with Gasteiger partial charge in [-0.05, 0) is 26.8 Å². The zero-order valence-corrected chi connectivity index (χ0v) is 12.2. The summed E-state index contributed by atoms with van der Waals surface area (Å²) < 4.78 is 10.6. The number of carbonyl (C=O) groups excluding carboxylic acids is 1. The Balaban J connectivity index is 2.58. The van der Waals surface area contributed by atoms with Gasteiger partial charge in [-0.15, -0.1) is 0 Å². The van der Waals surface area contributed by atoms with Crippen LogP contribution in [0, 0.1) is 5.41 Å². The molecule has 0 bridgehead atoms. The molecule has 0 atom stereocenters. The van der Waals surface area contributed by atoms with E-state index in [-0.39, 0.29) is 5.91 Å². The number of para-hydroxylation sites is 1. The predicted molar refractivity (Wildman–Crippen MR) is 75.1 cm³/mol. The topological polar surface area (TPSA) is 47.6 Å². The quantitative estimate of drug-likeness (QED) is 0.823. The van der Waals surface area contributed by atoms with E-state index in [0.29, 0.717) is 19.8 Å². The van der Waals surface area contributed by atoms with Crippen LogP contribution in [-0.2, 0) is 16.1 Å². The third kappa shape index (κ3) is 4.56. The van der Waals surface area contributed by atoms with Gasteiger partial charge in [0.1, 0.15) is 5.75 Å². The van der Waals surface area contributed by atoms with E-state index in [1.165, 1.54) is 0 Å². The minimum atomic E-state index is -0.530. The lowest BCUT2D eigenvalue weighted by Gasteiger charge is -2.23. The summed E-state index contributed by atoms with van der Waals surface area (Å²) >= 11 is 0. The van der Waals surface area contributed by atoms with E-state index >= 15 is 0 Å². The zero-order valence-electron chi connectivity index (χ0n) is 12.2.